The van der Waals surface area contributed by atoms with E-state index in [1.807, 2.05) is 17.0 Å². The van der Waals surface area contributed by atoms with Crippen molar-refractivity contribution in [1.29, 1.82) is 0 Å². The van der Waals surface area contributed by atoms with Gasteiger partial charge in [-0.2, -0.15) is 0 Å². The van der Waals surface area contributed by atoms with Crippen molar-refractivity contribution < 1.29 is 9.53 Å². The average Bonchev–Trinajstić information content (AvgIpc) is 2.57. The molecule has 2 aliphatic heterocycles. The maximum atomic E-state index is 12.7. The molecule has 2 aliphatic rings. The SMILES string of the molecule is Cc1ccc(OC2CCN(C(=O)C3CCCCN3C)CC2)cc1. The summed E-state index contributed by atoms with van der Waals surface area (Å²) in [5, 5.41) is 0. The number of likely N-dealkylation sites (N-methyl/N-ethyl adjacent to an activating group) is 1. The molecule has 1 unspecified atom stereocenters. The summed E-state index contributed by atoms with van der Waals surface area (Å²) in [7, 11) is 2.08. The van der Waals surface area contributed by atoms with Gasteiger partial charge in [0.15, 0.2) is 0 Å². The highest BCUT2D eigenvalue weighted by atomic mass is 16.5. The Morgan fingerprint density at radius 3 is 2.39 bits per heavy atom. The van der Waals surface area contributed by atoms with Crippen molar-refractivity contribution in [2.75, 3.05) is 26.7 Å². The Morgan fingerprint density at radius 1 is 1.04 bits per heavy atom. The van der Waals surface area contributed by atoms with Crippen LogP contribution < -0.4 is 4.74 Å². The summed E-state index contributed by atoms with van der Waals surface area (Å²) < 4.78 is 6.06. The molecule has 126 valence electrons. The van der Waals surface area contributed by atoms with Crippen molar-refractivity contribution in [3.05, 3.63) is 29.8 Å². The fourth-order valence-electron chi connectivity index (χ4n) is 3.60. The van der Waals surface area contributed by atoms with Crippen LogP contribution in [0.1, 0.15) is 37.7 Å². The minimum atomic E-state index is 0.0957. The van der Waals surface area contributed by atoms with Crippen LogP contribution in [0.3, 0.4) is 0 Å². The third kappa shape index (κ3) is 4.05. The standard InChI is InChI=1S/C19H28N2O2/c1-15-6-8-16(9-7-15)23-17-10-13-21(14-11-17)19(22)18-5-3-4-12-20(18)2/h6-9,17-18H,3-5,10-14H2,1-2H3. The fraction of sp³-hybridized carbons (Fsp3) is 0.632. The first-order valence-corrected chi connectivity index (χ1v) is 8.86. The van der Waals surface area contributed by atoms with Crippen molar-refractivity contribution >= 4 is 5.91 Å². The Kier molecular flexibility index (Phi) is 5.21. The molecule has 2 fully saturated rings. The van der Waals surface area contributed by atoms with Crippen LogP contribution in [0.15, 0.2) is 24.3 Å². The zero-order chi connectivity index (χ0) is 16.2. The predicted molar refractivity (Wildman–Crippen MR) is 91.7 cm³/mol. The van der Waals surface area contributed by atoms with Crippen LogP contribution in [0.4, 0.5) is 0 Å². The van der Waals surface area contributed by atoms with Crippen molar-refractivity contribution in [2.45, 2.75) is 51.2 Å². The van der Waals surface area contributed by atoms with Crippen LogP contribution >= 0.6 is 0 Å². The van der Waals surface area contributed by atoms with Crippen LogP contribution in [-0.4, -0.2) is 54.5 Å². The molecule has 2 saturated heterocycles. The Morgan fingerprint density at radius 2 is 1.74 bits per heavy atom. The molecular formula is C19H28N2O2. The molecule has 0 bridgehead atoms. The molecule has 0 saturated carbocycles. The number of likely N-dealkylation sites (tertiary alicyclic amines) is 2. The summed E-state index contributed by atoms with van der Waals surface area (Å²) in [6.07, 6.45) is 5.48. The van der Waals surface area contributed by atoms with Gasteiger partial charge in [0.1, 0.15) is 11.9 Å². The molecule has 1 amide bonds. The third-order valence-electron chi connectivity index (χ3n) is 5.13. The van der Waals surface area contributed by atoms with Gasteiger partial charge in [-0.3, -0.25) is 9.69 Å². The molecule has 0 aromatic heterocycles. The van der Waals surface area contributed by atoms with E-state index in [0.29, 0.717) is 5.91 Å². The van der Waals surface area contributed by atoms with Gasteiger partial charge in [0, 0.05) is 25.9 Å². The zero-order valence-corrected chi connectivity index (χ0v) is 14.3. The number of aryl methyl sites for hydroxylation is 1. The number of hydrogen-bond donors (Lipinski definition) is 0. The summed E-state index contributed by atoms with van der Waals surface area (Å²) in [6.45, 7) is 4.76. The van der Waals surface area contributed by atoms with Crippen molar-refractivity contribution in [1.82, 2.24) is 9.80 Å². The number of ether oxygens (including phenoxy) is 1. The maximum Gasteiger partial charge on any atom is 0.239 e. The van der Waals surface area contributed by atoms with E-state index in [-0.39, 0.29) is 12.1 Å². The topological polar surface area (TPSA) is 32.8 Å². The van der Waals surface area contributed by atoms with E-state index >= 15 is 0 Å². The number of benzene rings is 1. The highest BCUT2D eigenvalue weighted by Gasteiger charge is 2.32. The molecule has 0 aliphatic carbocycles. The molecule has 1 aromatic rings. The number of carbonyl (C=O) groups is 1. The molecule has 3 rings (SSSR count). The Labute approximate surface area is 139 Å². The van der Waals surface area contributed by atoms with E-state index in [1.54, 1.807) is 0 Å². The molecule has 0 spiro atoms. The minimum absolute atomic E-state index is 0.0957. The molecule has 4 heteroatoms. The van der Waals surface area contributed by atoms with Crippen molar-refractivity contribution in [2.24, 2.45) is 0 Å². The highest BCUT2D eigenvalue weighted by molar-refractivity contribution is 5.82. The second-order valence-electron chi connectivity index (χ2n) is 6.95. The summed E-state index contributed by atoms with van der Waals surface area (Å²) in [5.41, 5.74) is 1.24. The van der Waals surface area contributed by atoms with Crippen molar-refractivity contribution in [3.63, 3.8) is 0 Å². The maximum absolute atomic E-state index is 12.7. The largest absolute Gasteiger partial charge is 0.490 e. The number of piperidine rings is 2. The zero-order valence-electron chi connectivity index (χ0n) is 14.3. The lowest BCUT2D eigenvalue weighted by Crippen LogP contribution is -2.52. The Hall–Kier alpha value is -1.55. The van der Waals surface area contributed by atoms with Crippen LogP contribution in [0.5, 0.6) is 5.75 Å². The van der Waals surface area contributed by atoms with Crippen LogP contribution in [0, 0.1) is 6.92 Å². The van der Waals surface area contributed by atoms with Gasteiger partial charge >= 0.3 is 0 Å². The van der Waals surface area contributed by atoms with Gasteiger partial charge in [-0.05, 0) is 45.5 Å². The van der Waals surface area contributed by atoms with Gasteiger partial charge in [0.25, 0.3) is 0 Å². The lowest BCUT2D eigenvalue weighted by molar-refractivity contribution is -0.139. The lowest BCUT2D eigenvalue weighted by Gasteiger charge is -2.38. The van der Waals surface area contributed by atoms with Gasteiger partial charge in [-0.1, -0.05) is 24.1 Å². The van der Waals surface area contributed by atoms with Crippen LogP contribution in [0.25, 0.3) is 0 Å². The van der Waals surface area contributed by atoms with Gasteiger partial charge in [-0.25, -0.2) is 0 Å². The van der Waals surface area contributed by atoms with E-state index in [1.165, 1.54) is 18.4 Å². The van der Waals surface area contributed by atoms with Gasteiger partial charge in [0.05, 0.1) is 6.04 Å². The van der Waals surface area contributed by atoms with Gasteiger partial charge < -0.3 is 9.64 Å². The number of hydrogen-bond acceptors (Lipinski definition) is 3. The highest BCUT2D eigenvalue weighted by Crippen LogP contribution is 2.22. The Bertz CT molecular complexity index is 521. The second kappa shape index (κ2) is 7.35. The van der Waals surface area contributed by atoms with E-state index in [0.717, 1.165) is 44.6 Å². The van der Waals surface area contributed by atoms with Gasteiger partial charge in [0.2, 0.25) is 5.91 Å². The number of amides is 1. The molecule has 0 radical (unpaired) electrons. The smallest absolute Gasteiger partial charge is 0.239 e. The minimum Gasteiger partial charge on any atom is -0.490 e. The van der Waals surface area contributed by atoms with E-state index < -0.39 is 0 Å². The molecule has 23 heavy (non-hydrogen) atoms. The summed E-state index contributed by atoms with van der Waals surface area (Å²) in [6, 6.07) is 8.31. The van der Waals surface area contributed by atoms with Gasteiger partial charge in [-0.15, -0.1) is 0 Å². The summed E-state index contributed by atoms with van der Waals surface area (Å²) in [5.74, 6) is 1.26. The van der Waals surface area contributed by atoms with E-state index in [4.69, 9.17) is 4.74 Å². The summed E-state index contributed by atoms with van der Waals surface area (Å²) >= 11 is 0. The Balaban J connectivity index is 1.49. The molecule has 1 aromatic carbocycles. The first-order valence-electron chi connectivity index (χ1n) is 8.86. The monoisotopic (exact) mass is 316 g/mol. The van der Waals surface area contributed by atoms with E-state index in [9.17, 15) is 4.79 Å². The normalized spacial score (nSPS) is 23.7. The first kappa shape index (κ1) is 16.3. The fourth-order valence-corrected chi connectivity index (χ4v) is 3.60. The number of rotatable bonds is 3. The summed E-state index contributed by atoms with van der Waals surface area (Å²) in [4.78, 5) is 17.0. The third-order valence-corrected chi connectivity index (χ3v) is 5.13. The molecule has 1 atom stereocenters. The van der Waals surface area contributed by atoms with E-state index in [2.05, 4.69) is 31.0 Å². The van der Waals surface area contributed by atoms with Crippen molar-refractivity contribution in [3.8, 4) is 5.75 Å². The molecule has 0 N–H and O–H groups in total. The molecule has 4 nitrogen and oxygen atoms in total. The average molecular weight is 316 g/mol. The van der Waals surface area contributed by atoms with Crippen LogP contribution in [-0.2, 0) is 4.79 Å². The second-order valence-corrected chi connectivity index (χ2v) is 6.95. The lowest BCUT2D eigenvalue weighted by atomic mass is 10.00. The number of nitrogens with zero attached hydrogens (tertiary/aromatic N) is 2. The number of carbonyl (C=O) groups excluding carboxylic acids is 1. The molecule has 2 heterocycles. The quantitative estimate of drug-likeness (QED) is 0.859. The molecular weight excluding hydrogens is 288 g/mol. The predicted octanol–water partition coefficient (Wildman–Crippen LogP) is 2.85. The first-order chi connectivity index (χ1) is 11.1. The van der Waals surface area contributed by atoms with Crippen LogP contribution in [0.2, 0.25) is 0 Å².